The number of hydrogen-bond acceptors (Lipinski definition) is 4. The van der Waals surface area contributed by atoms with Crippen molar-refractivity contribution in [2.24, 2.45) is 0 Å². The molecule has 0 radical (unpaired) electrons. The van der Waals surface area contributed by atoms with Crippen LogP contribution in [0.2, 0.25) is 0 Å². The molecule has 0 aromatic heterocycles. The second kappa shape index (κ2) is 7.47. The number of carbonyl (C=O) groups is 2. The summed E-state index contributed by atoms with van der Waals surface area (Å²) in [6.45, 7) is 1.48. The SMILES string of the molecule is CC(=O)[C@@H]1C[C@@H](O)CI1C(=O)[C@@H](O)CCc1ccccc1. The monoisotopic (exact) mass is 404 g/mol. The van der Waals surface area contributed by atoms with Crippen molar-refractivity contribution in [2.45, 2.75) is 42.3 Å². The number of rotatable bonds is 6. The van der Waals surface area contributed by atoms with Gasteiger partial charge in [-0.25, -0.2) is 0 Å². The topological polar surface area (TPSA) is 74.6 Å². The standard InChI is InChI=1S/C16H21IO4/c1-11(18)14-9-13(19)10-17(14)16(21)15(20)8-7-12-5-3-2-4-6-12/h2-6,13-15,19-20H,7-10H2,1H3/t13-,14+,15+/m1/s1. The Morgan fingerprint density at radius 3 is 2.62 bits per heavy atom. The Bertz CT molecular complexity index is 502. The molecule has 0 aliphatic carbocycles. The third-order valence-corrected chi connectivity index (χ3v) is 10.9. The molecule has 2 rings (SSSR count). The first kappa shape index (κ1) is 16.6. The van der Waals surface area contributed by atoms with Gasteiger partial charge in [-0.1, -0.05) is 0 Å². The Kier molecular flexibility index (Phi) is 5.89. The van der Waals surface area contributed by atoms with Crippen molar-refractivity contribution in [1.82, 2.24) is 0 Å². The van der Waals surface area contributed by atoms with Gasteiger partial charge in [-0.2, -0.15) is 0 Å². The van der Waals surface area contributed by atoms with Crippen LogP contribution in [0.5, 0.6) is 0 Å². The third-order valence-electron chi connectivity index (χ3n) is 3.63. The van der Waals surface area contributed by atoms with E-state index in [4.69, 9.17) is 0 Å². The van der Waals surface area contributed by atoms with E-state index < -0.39 is 32.0 Å². The van der Waals surface area contributed by atoms with Gasteiger partial charge in [0.15, 0.2) is 0 Å². The molecule has 1 heterocycles. The van der Waals surface area contributed by atoms with Crippen molar-refractivity contribution in [1.29, 1.82) is 0 Å². The molecule has 3 atom stereocenters. The van der Waals surface area contributed by atoms with E-state index in [1.165, 1.54) is 6.92 Å². The number of halogens is 1. The summed E-state index contributed by atoms with van der Waals surface area (Å²) in [5, 5.41) is 19.8. The normalized spacial score (nSPS) is 24.8. The van der Waals surface area contributed by atoms with Crippen LogP contribution in [-0.2, 0) is 16.0 Å². The maximum atomic E-state index is 12.4. The van der Waals surface area contributed by atoms with Gasteiger partial charge in [0.2, 0.25) is 0 Å². The molecule has 2 N–H and O–H groups in total. The zero-order chi connectivity index (χ0) is 15.4. The maximum absolute atomic E-state index is 12.4. The summed E-state index contributed by atoms with van der Waals surface area (Å²) < 4.78 is 0.00465. The summed E-state index contributed by atoms with van der Waals surface area (Å²) in [4.78, 5) is 24.0. The molecule has 5 heteroatoms. The number of aliphatic hydroxyl groups is 2. The van der Waals surface area contributed by atoms with Crippen LogP contribution >= 0.6 is 19.8 Å². The zero-order valence-corrected chi connectivity index (χ0v) is 14.2. The predicted octanol–water partition coefficient (Wildman–Crippen LogP) is 1.74. The molecule has 0 amide bonds. The zero-order valence-electron chi connectivity index (χ0n) is 12.0. The summed E-state index contributed by atoms with van der Waals surface area (Å²) in [6.07, 6.45) is -0.114. The van der Waals surface area contributed by atoms with Gasteiger partial charge in [-0.15, -0.1) is 0 Å². The Hall–Kier alpha value is -0.790. The molecule has 21 heavy (non-hydrogen) atoms. The summed E-state index contributed by atoms with van der Waals surface area (Å²) in [7, 11) is 0. The molecule has 4 nitrogen and oxygen atoms in total. The summed E-state index contributed by atoms with van der Waals surface area (Å²) in [5.74, 6) is -0.0136. The molecule has 1 aliphatic rings. The van der Waals surface area contributed by atoms with Crippen LogP contribution in [0, 0.1) is 0 Å². The quantitative estimate of drug-likeness (QED) is 0.431. The van der Waals surface area contributed by atoms with Crippen molar-refractivity contribution in [3.05, 3.63) is 35.9 Å². The van der Waals surface area contributed by atoms with Gasteiger partial charge in [0.25, 0.3) is 0 Å². The van der Waals surface area contributed by atoms with Gasteiger partial charge in [0.1, 0.15) is 0 Å². The minimum atomic E-state index is -2.27. The number of ketones is 1. The van der Waals surface area contributed by atoms with Crippen LogP contribution in [0.25, 0.3) is 0 Å². The molecule has 0 saturated carbocycles. The fraction of sp³-hybridized carbons (Fsp3) is 0.500. The molecule has 116 valence electrons. The molecule has 0 bridgehead atoms. The molecular formula is C16H21IO4. The van der Waals surface area contributed by atoms with Crippen molar-refractivity contribution < 1.29 is 19.8 Å². The summed E-state index contributed by atoms with van der Waals surface area (Å²) >= 11 is -2.27. The van der Waals surface area contributed by atoms with Crippen LogP contribution in [0.4, 0.5) is 0 Å². The molecule has 1 saturated heterocycles. The van der Waals surface area contributed by atoms with Crippen LogP contribution in [-0.4, -0.2) is 40.3 Å². The van der Waals surface area contributed by atoms with Gasteiger partial charge >= 0.3 is 132 Å². The first-order valence-electron chi connectivity index (χ1n) is 7.07. The summed E-state index contributed by atoms with van der Waals surface area (Å²) in [6, 6.07) is 9.72. The number of benzene rings is 1. The van der Waals surface area contributed by atoms with Gasteiger partial charge < -0.3 is 0 Å². The Morgan fingerprint density at radius 1 is 1.33 bits per heavy atom. The second-order valence-electron chi connectivity index (χ2n) is 5.36. The number of Topliss-reactive ketones (excluding diaryl/α,β-unsaturated/α-hetero) is 1. The average molecular weight is 404 g/mol. The van der Waals surface area contributed by atoms with Crippen LogP contribution < -0.4 is 0 Å². The van der Waals surface area contributed by atoms with Gasteiger partial charge in [0, 0.05) is 0 Å². The number of carbonyl (C=O) groups excluding carboxylic acids is 2. The molecule has 0 spiro atoms. The first-order chi connectivity index (χ1) is 9.99. The van der Waals surface area contributed by atoms with E-state index in [0.29, 0.717) is 23.7 Å². The van der Waals surface area contributed by atoms with Gasteiger partial charge in [-0.05, 0) is 0 Å². The van der Waals surface area contributed by atoms with E-state index >= 15 is 0 Å². The fourth-order valence-electron chi connectivity index (χ4n) is 2.49. The van der Waals surface area contributed by atoms with E-state index in [2.05, 4.69) is 0 Å². The Labute approximate surface area is 131 Å². The number of hydrogen-bond donors (Lipinski definition) is 2. The van der Waals surface area contributed by atoms with E-state index in [1.54, 1.807) is 0 Å². The van der Waals surface area contributed by atoms with Crippen molar-refractivity contribution in [3.63, 3.8) is 0 Å². The number of aryl methyl sites for hydroxylation is 1. The Morgan fingerprint density at radius 2 is 2.00 bits per heavy atom. The molecular weight excluding hydrogens is 383 g/mol. The van der Waals surface area contributed by atoms with Crippen LogP contribution in [0.3, 0.4) is 0 Å². The molecule has 1 aromatic carbocycles. The van der Waals surface area contributed by atoms with Gasteiger partial charge in [0.05, 0.1) is 0 Å². The van der Waals surface area contributed by atoms with Crippen molar-refractivity contribution in [3.8, 4) is 0 Å². The van der Waals surface area contributed by atoms with E-state index in [0.717, 1.165) is 5.56 Å². The molecule has 1 aromatic rings. The van der Waals surface area contributed by atoms with E-state index in [9.17, 15) is 19.8 Å². The number of alkyl halides is 2. The molecule has 1 fully saturated rings. The van der Waals surface area contributed by atoms with E-state index in [1.807, 2.05) is 30.3 Å². The minimum absolute atomic E-state index is 0.0136. The van der Waals surface area contributed by atoms with Crippen molar-refractivity contribution in [2.75, 3.05) is 4.43 Å². The van der Waals surface area contributed by atoms with Crippen LogP contribution in [0.1, 0.15) is 25.3 Å². The molecule has 0 unspecified atom stereocenters. The van der Waals surface area contributed by atoms with Gasteiger partial charge in [-0.3, -0.25) is 0 Å². The second-order valence-corrected chi connectivity index (χ2v) is 11.1. The third kappa shape index (κ3) is 4.34. The summed E-state index contributed by atoms with van der Waals surface area (Å²) in [5.41, 5.74) is 1.09. The predicted molar refractivity (Wildman–Crippen MR) is 89.8 cm³/mol. The number of aliphatic hydroxyl groups excluding tert-OH is 2. The van der Waals surface area contributed by atoms with E-state index in [-0.39, 0.29) is 13.5 Å². The first-order valence-corrected chi connectivity index (χ1v) is 10.9. The van der Waals surface area contributed by atoms with Crippen LogP contribution in [0.15, 0.2) is 30.3 Å². The molecule has 1 aliphatic heterocycles. The Balaban J connectivity index is 1.94. The van der Waals surface area contributed by atoms with Crippen molar-refractivity contribution >= 4 is 29.4 Å². The fourth-order valence-corrected chi connectivity index (χ4v) is 9.23. The average Bonchev–Trinajstić information content (AvgIpc) is 2.87.